The molecule has 2 N–H and O–H groups in total. The molecule has 0 aliphatic rings. The van der Waals surface area contributed by atoms with Gasteiger partial charge >= 0.3 is 0 Å². The van der Waals surface area contributed by atoms with Gasteiger partial charge in [-0.3, -0.25) is 5.10 Å². The van der Waals surface area contributed by atoms with Gasteiger partial charge in [-0.05, 0) is 12.5 Å². The van der Waals surface area contributed by atoms with Crippen molar-refractivity contribution in [3.8, 4) is 0 Å². The Balaban J connectivity index is 1.80. The standard InChI is InChI=1S/C15H25N5/c1-12(10-20-6-5-16-11-20)7-17-8-13-9-18-19-14(13)15(2,3)4/h5-6,9,11-12,17H,7-8,10H2,1-4H3,(H,18,19). The van der Waals surface area contributed by atoms with E-state index in [1.54, 1.807) is 0 Å². The first-order chi connectivity index (χ1) is 9.47. The van der Waals surface area contributed by atoms with Gasteiger partial charge in [-0.2, -0.15) is 5.10 Å². The number of imidazole rings is 1. The van der Waals surface area contributed by atoms with Crippen LogP contribution >= 0.6 is 0 Å². The zero-order valence-electron chi connectivity index (χ0n) is 12.8. The van der Waals surface area contributed by atoms with Crippen molar-refractivity contribution in [2.45, 2.75) is 46.2 Å². The zero-order valence-corrected chi connectivity index (χ0v) is 12.8. The summed E-state index contributed by atoms with van der Waals surface area (Å²) in [6.45, 7) is 11.7. The van der Waals surface area contributed by atoms with Crippen molar-refractivity contribution >= 4 is 0 Å². The average molecular weight is 275 g/mol. The molecule has 0 aliphatic carbocycles. The minimum Gasteiger partial charge on any atom is -0.337 e. The van der Waals surface area contributed by atoms with Crippen molar-refractivity contribution in [1.29, 1.82) is 0 Å². The first kappa shape index (κ1) is 14.8. The molecule has 0 saturated heterocycles. The lowest BCUT2D eigenvalue weighted by Crippen LogP contribution is -2.25. The quantitative estimate of drug-likeness (QED) is 0.850. The van der Waals surface area contributed by atoms with Crippen LogP contribution in [0.2, 0.25) is 0 Å². The van der Waals surface area contributed by atoms with E-state index >= 15 is 0 Å². The number of hydrogen-bond acceptors (Lipinski definition) is 3. The van der Waals surface area contributed by atoms with Gasteiger partial charge in [0, 0.05) is 42.2 Å². The fourth-order valence-corrected chi connectivity index (χ4v) is 2.37. The molecule has 0 aliphatic heterocycles. The van der Waals surface area contributed by atoms with Gasteiger partial charge in [-0.1, -0.05) is 27.7 Å². The van der Waals surface area contributed by atoms with Crippen molar-refractivity contribution in [2.75, 3.05) is 6.54 Å². The Hall–Kier alpha value is -1.62. The van der Waals surface area contributed by atoms with Crippen LogP contribution in [-0.4, -0.2) is 26.3 Å². The van der Waals surface area contributed by atoms with E-state index in [9.17, 15) is 0 Å². The molecule has 0 spiro atoms. The fourth-order valence-electron chi connectivity index (χ4n) is 2.37. The lowest BCUT2D eigenvalue weighted by atomic mass is 9.89. The maximum atomic E-state index is 4.17. The summed E-state index contributed by atoms with van der Waals surface area (Å²) in [5, 5.41) is 10.8. The molecule has 0 amide bonds. The minimum atomic E-state index is 0.107. The van der Waals surface area contributed by atoms with Crippen LogP contribution in [0.1, 0.15) is 39.0 Å². The Bertz CT molecular complexity index is 507. The number of rotatable bonds is 6. The number of aromatic nitrogens is 4. The van der Waals surface area contributed by atoms with E-state index in [0.29, 0.717) is 5.92 Å². The third-order valence-corrected chi connectivity index (χ3v) is 3.36. The van der Waals surface area contributed by atoms with E-state index < -0.39 is 0 Å². The summed E-state index contributed by atoms with van der Waals surface area (Å²) in [6.07, 6.45) is 7.61. The van der Waals surface area contributed by atoms with Crippen LogP contribution in [0.15, 0.2) is 24.9 Å². The van der Waals surface area contributed by atoms with Gasteiger partial charge in [0.05, 0.1) is 12.5 Å². The molecular formula is C15H25N5. The average Bonchev–Trinajstić information content (AvgIpc) is 2.98. The van der Waals surface area contributed by atoms with Crippen LogP contribution in [0.25, 0.3) is 0 Å². The molecule has 0 bridgehead atoms. The van der Waals surface area contributed by atoms with Gasteiger partial charge < -0.3 is 9.88 Å². The highest BCUT2D eigenvalue weighted by Gasteiger charge is 2.19. The molecule has 1 unspecified atom stereocenters. The molecule has 5 nitrogen and oxygen atoms in total. The summed E-state index contributed by atoms with van der Waals surface area (Å²) in [5.74, 6) is 0.564. The van der Waals surface area contributed by atoms with E-state index in [1.807, 2.05) is 24.9 Å². The monoisotopic (exact) mass is 275 g/mol. The maximum Gasteiger partial charge on any atom is 0.0946 e. The van der Waals surface area contributed by atoms with Gasteiger partial charge in [-0.25, -0.2) is 4.98 Å². The van der Waals surface area contributed by atoms with Crippen molar-refractivity contribution in [1.82, 2.24) is 25.1 Å². The highest BCUT2D eigenvalue weighted by molar-refractivity contribution is 5.23. The second kappa shape index (κ2) is 6.22. The van der Waals surface area contributed by atoms with Crippen molar-refractivity contribution in [3.05, 3.63) is 36.2 Å². The molecule has 0 fully saturated rings. The number of nitrogens with one attached hydrogen (secondary N) is 2. The summed E-state index contributed by atoms with van der Waals surface area (Å²) in [6, 6.07) is 0. The zero-order chi connectivity index (χ0) is 14.6. The maximum absolute atomic E-state index is 4.17. The number of H-pyrrole nitrogens is 1. The van der Waals surface area contributed by atoms with Crippen LogP contribution < -0.4 is 5.32 Å². The molecule has 0 radical (unpaired) electrons. The second-order valence-electron chi connectivity index (χ2n) is 6.52. The fraction of sp³-hybridized carbons (Fsp3) is 0.600. The summed E-state index contributed by atoms with van der Waals surface area (Å²) < 4.78 is 2.12. The van der Waals surface area contributed by atoms with Gasteiger partial charge in [0.15, 0.2) is 0 Å². The molecule has 0 aromatic carbocycles. The lowest BCUT2D eigenvalue weighted by Gasteiger charge is -2.19. The number of aromatic amines is 1. The topological polar surface area (TPSA) is 58.5 Å². The number of nitrogens with zero attached hydrogens (tertiary/aromatic N) is 3. The summed E-state index contributed by atoms with van der Waals surface area (Å²) in [7, 11) is 0. The van der Waals surface area contributed by atoms with Crippen LogP contribution in [0.3, 0.4) is 0 Å². The smallest absolute Gasteiger partial charge is 0.0946 e. The van der Waals surface area contributed by atoms with Crippen LogP contribution in [0, 0.1) is 5.92 Å². The van der Waals surface area contributed by atoms with Crippen molar-refractivity contribution < 1.29 is 0 Å². The SMILES string of the molecule is CC(CNCc1cn[nH]c1C(C)(C)C)Cn1ccnc1. The Morgan fingerprint density at radius 2 is 2.20 bits per heavy atom. The summed E-state index contributed by atoms with van der Waals surface area (Å²) >= 11 is 0. The van der Waals surface area contributed by atoms with Crippen LogP contribution in [0.4, 0.5) is 0 Å². The summed E-state index contributed by atoms with van der Waals surface area (Å²) in [5.41, 5.74) is 2.58. The normalized spacial score (nSPS) is 13.6. The molecule has 2 aromatic rings. The van der Waals surface area contributed by atoms with Gasteiger partial charge in [-0.15, -0.1) is 0 Å². The highest BCUT2D eigenvalue weighted by Crippen LogP contribution is 2.23. The van der Waals surface area contributed by atoms with Crippen molar-refractivity contribution in [2.24, 2.45) is 5.92 Å². The molecule has 2 aromatic heterocycles. The molecular weight excluding hydrogens is 250 g/mol. The van der Waals surface area contributed by atoms with E-state index in [-0.39, 0.29) is 5.41 Å². The summed E-state index contributed by atoms with van der Waals surface area (Å²) in [4.78, 5) is 4.06. The van der Waals surface area contributed by atoms with Crippen LogP contribution in [0.5, 0.6) is 0 Å². The molecule has 20 heavy (non-hydrogen) atoms. The highest BCUT2D eigenvalue weighted by atomic mass is 15.1. The number of hydrogen-bond donors (Lipinski definition) is 2. The van der Waals surface area contributed by atoms with E-state index in [4.69, 9.17) is 0 Å². The molecule has 5 heteroatoms. The van der Waals surface area contributed by atoms with Crippen LogP contribution in [-0.2, 0) is 18.5 Å². The first-order valence-electron chi connectivity index (χ1n) is 7.16. The molecule has 1 atom stereocenters. The predicted octanol–water partition coefficient (Wildman–Crippen LogP) is 2.33. The first-order valence-corrected chi connectivity index (χ1v) is 7.16. The van der Waals surface area contributed by atoms with E-state index in [2.05, 4.69) is 52.8 Å². The second-order valence-corrected chi connectivity index (χ2v) is 6.52. The Kier molecular flexibility index (Phi) is 4.60. The van der Waals surface area contributed by atoms with Gasteiger partial charge in [0.1, 0.15) is 0 Å². The van der Waals surface area contributed by atoms with E-state index in [0.717, 1.165) is 19.6 Å². The molecule has 0 saturated carbocycles. The molecule has 2 heterocycles. The minimum absolute atomic E-state index is 0.107. The lowest BCUT2D eigenvalue weighted by molar-refractivity contribution is 0.443. The Morgan fingerprint density at radius 1 is 1.40 bits per heavy atom. The van der Waals surface area contributed by atoms with E-state index in [1.165, 1.54) is 11.3 Å². The van der Waals surface area contributed by atoms with Crippen molar-refractivity contribution in [3.63, 3.8) is 0 Å². The largest absolute Gasteiger partial charge is 0.337 e. The predicted molar refractivity (Wildman–Crippen MR) is 80.4 cm³/mol. The van der Waals surface area contributed by atoms with Gasteiger partial charge in [0.2, 0.25) is 0 Å². The molecule has 2 rings (SSSR count). The van der Waals surface area contributed by atoms with Gasteiger partial charge in [0.25, 0.3) is 0 Å². The Morgan fingerprint density at radius 3 is 2.85 bits per heavy atom. The third-order valence-electron chi connectivity index (χ3n) is 3.36. The third kappa shape index (κ3) is 3.93. The molecule has 110 valence electrons. The Labute approximate surface area is 120 Å².